The van der Waals surface area contributed by atoms with Gasteiger partial charge in [0.05, 0.1) is 0 Å². The fraction of sp³-hybridized carbons (Fsp3) is 0.538. The topological polar surface area (TPSA) is 43.7 Å². The van der Waals surface area contributed by atoms with Crippen molar-refractivity contribution in [1.29, 1.82) is 0 Å². The fourth-order valence-electron chi connectivity index (χ4n) is 2.46. The monoisotopic (exact) mass is 251 g/mol. The number of likely N-dealkylation sites (tertiary alicyclic amines) is 1. The molecule has 3 nitrogen and oxygen atoms in total. The molecular weight excluding hydrogens is 232 g/mol. The molecule has 0 aromatic heterocycles. The number of nitrogens with zero attached hydrogens (tertiary/aromatic N) is 1. The van der Waals surface area contributed by atoms with Crippen molar-refractivity contribution in [1.82, 2.24) is 4.90 Å². The Bertz CT molecular complexity index is 414. The van der Waals surface area contributed by atoms with Gasteiger partial charge in [0, 0.05) is 18.2 Å². The quantitative estimate of drug-likeness (QED) is 0.784. The van der Waals surface area contributed by atoms with E-state index in [1.165, 1.54) is 18.9 Å². The van der Waals surface area contributed by atoms with E-state index in [0.29, 0.717) is 18.2 Å². The third-order valence-electron chi connectivity index (χ3n) is 3.69. The minimum atomic E-state index is -1.61. The normalized spacial score (nSPS) is 21.0. The van der Waals surface area contributed by atoms with Crippen molar-refractivity contribution in [3.63, 3.8) is 0 Å². The van der Waals surface area contributed by atoms with Crippen LogP contribution in [0.1, 0.15) is 31.7 Å². The van der Waals surface area contributed by atoms with Crippen LogP contribution in [-0.2, 0) is 6.54 Å². The van der Waals surface area contributed by atoms with E-state index in [1.807, 2.05) is 0 Å². The number of hydrogen-bond donors (Lipinski definition) is 2. The number of benzene rings is 1. The number of piperidine rings is 1. The highest BCUT2D eigenvalue weighted by atomic mass is 19.1. The summed E-state index contributed by atoms with van der Waals surface area (Å²) in [5.74, 6) is -0.363. The lowest BCUT2D eigenvalue weighted by Crippen LogP contribution is -2.37. The van der Waals surface area contributed by atoms with Gasteiger partial charge in [-0.15, -0.1) is 0 Å². The Morgan fingerprint density at radius 2 is 2.17 bits per heavy atom. The van der Waals surface area contributed by atoms with Crippen LogP contribution >= 0.6 is 0 Å². The Hall–Kier alpha value is -0.905. The molecule has 18 heavy (non-hydrogen) atoms. The van der Waals surface area contributed by atoms with Crippen LogP contribution in [0.3, 0.4) is 0 Å². The highest BCUT2D eigenvalue weighted by Crippen LogP contribution is 2.19. The SMILES string of the molecule is CC1CCCCN1Cc1ccc(B(O)O)cc1F. The maximum absolute atomic E-state index is 13.8. The molecule has 98 valence electrons. The summed E-state index contributed by atoms with van der Waals surface area (Å²) >= 11 is 0. The van der Waals surface area contributed by atoms with E-state index in [1.54, 1.807) is 12.1 Å². The molecule has 1 atom stereocenters. The average molecular weight is 251 g/mol. The molecule has 0 saturated carbocycles. The van der Waals surface area contributed by atoms with Crippen molar-refractivity contribution in [2.75, 3.05) is 6.54 Å². The standard InChI is InChI=1S/C13H19BFNO2/c1-10-4-2-3-7-16(10)9-11-5-6-12(14(17)18)8-13(11)15/h5-6,8,10,17-18H,2-4,7,9H2,1H3. The van der Waals surface area contributed by atoms with E-state index >= 15 is 0 Å². The van der Waals surface area contributed by atoms with Crippen LogP contribution in [0.25, 0.3) is 0 Å². The summed E-state index contributed by atoms with van der Waals surface area (Å²) < 4.78 is 13.8. The first-order valence-electron chi connectivity index (χ1n) is 6.46. The Kier molecular flexibility index (Phi) is 4.38. The maximum Gasteiger partial charge on any atom is 0.488 e. The predicted octanol–water partition coefficient (Wildman–Crippen LogP) is 0.880. The van der Waals surface area contributed by atoms with E-state index in [0.717, 1.165) is 13.0 Å². The summed E-state index contributed by atoms with van der Waals surface area (Å²) in [6.07, 6.45) is 3.57. The van der Waals surface area contributed by atoms with Gasteiger partial charge in [0.15, 0.2) is 0 Å². The highest BCUT2D eigenvalue weighted by Gasteiger charge is 2.20. The molecule has 2 N–H and O–H groups in total. The van der Waals surface area contributed by atoms with Crippen LogP contribution in [0.15, 0.2) is 18.2 Å². The summed E-state index contributed by atoms with van der Waals surface area (Å²) in [4.78, 5) is 2.27. The van der Waals surface area contributed by atoms with Crippen molar-refractivity contribution in [3.8, 4) is 0 Å². The van der Waals surface area contributed by atoms with Crippen LogP contribution in [0, 0.1) is 5.82 Å². The third-order valence-corrected chi connectivity index (χ3v) is 3.69. The molecule has 1 aliphatic rings. The van der Waals surface area contributed by atoms with Crippen LogP contribution in [-0.4, -0.2) is 34.7 Å². The van der Waals surface area contributed by atoms with E-state index in [-0.39, 0.29) is 11.3 Å². The Morgan fingerprint density at radius 3 is 2.78 bits per heavy atom. The molecule has 1 fully saturated rings. The van der Waals surface area contributed by atoms with Gasteiger partial charge in [-0.3, -0.25) is 4.90 Å². The second kappa shape index (κ2) is 5.82. The molecule has 1 aromatic rings. The van der Waals surface area contributed by atoms with E-state index in [9.17, 15) is 4.39 Å². The molecule has 2 rings (SSSR count). The van der Waals surface area contributed by atoms with Gasteiger partial charge in [0.1, 0.15) is 5.82 Å². The molecule has 1 aromatic carbocycles. The van der Waals surface area contributed by atoms with Gasteiger partial charge in [-0.25, -0.2) is 4.39 Å². The number of halogens is 1. The van der Waals surface area contributed by atoms with Crippen LogP contribution < -0.4 is 5.46 Å². The molecule has 1 aliphatic heterocycles. The predicted molar refractivity (Wildman–Crippen MR) is 69.9 cm³/mol. The second-order valence-electron chi connectivity index (χ2n) is 5.04. The summed E-state index contributed by atoms with van der Waals surface area (Å²) in [5.41, 5.74) is 0.816. The minimum absolute atomic E-state index is 0.197. The molecule has 1 saturated heterocycles. The lowest BCUT2D eigenvalue weighted by Gasteiger charge is -2.33. The lowest BCUT2D eigenvalue weighted by atomic mass is 9.80. The van der Waals surface area contributed by atoms with Crippen LogP contribution in [0.4, 0.5) is 4.39 Å². The van der Waals surface area contributed by atoms with E-state index in [4.69, 9.17) is 10.0 Å². The van der Waals surface area contributed by atoms with Gasteiger partial charge in [0.2, 0.25) is 0 Å². The van der Waals surface area contributed by atoms with Crippen molar-refractivity contribution >= 4 is 12.6 Å². The first-order chi connectivity index (χ1) is 8.58. The summed E-state index contributed by atoms with van der Waals surface area (Å²) in [5, 5.41) is 18.0. The molecule has 1 unspecified atom stereocenters. The Labute approximate surface area is 107 Å². The van der Waals surface area contributed by atoms with Crippen LogP contribution in [0.5, 0.6) is 0 Å². The van der Waals surface area contributed by atoms with Gasteiger partial charge >= 0.3 is 7.12 Å². The highest BCUT2D eigenvalue weighted by molar-refractivity contribution is 6.58. The largest absolute Gasteiger partial charge is 0.488 e. The lowest BCUT2D eigenvalue weighted by molar-refractivity contribution is 0.151. The summed E-state index contributed by atoms with van der Waals surface area (Å²) in [6, 6.07) is 4.90. The Morgan fingerprint density at radius 1 is 1.39 bits per heavy atom. The molecular formula is C13H19BFNO2. The molecule has 5 heteroatoms. The molecule has 0 amide bonds. The molecule has 1 heterocycles. The zero-order chi connectivity index (χ0) is 13.1. The first-order valence-corrected chi connectivity index (χ1v) is 6.46. The number of rotatable bonds is 3. The smallest absolute Gasteiger partial charge is 0.423 e. The van der Waals surface area contributed by atoms with E-state index < -0.39 is 7.12 Å². The van der Waals surface area contributed by atoms with Gasteiger partial charge in [0.25, 0.3) is 0 Å². The van der Waals surface area contributed by atoms with Crippen molar-refractivity contribution in [2.24, 2.45) is 0 Å². The summed E-state index contributed by atoms with van der Waals surface area (Å²) in [6.45, 7) is 3.77. The Balaban J connectivity index is 2.09. The van der Waals surface area contributed by atoms with Crippen molar-refractivity contribution in [3.05, 3.63) is 29.6 Å². The number of hydrogen-bond acceptors (Lipinski definition) is 3. The van der Waals surface area contributed by atoms with Gasteiger partial charge in [-0.2, -0.15) is 0 Å². The average Bonchev–Trinajstić information content (AvgIpc) is 2.34. The zero-order valence-electron chi connectivity index (χ0n) is 10.6. The molecule has 0 spiro atoms. The second-order valence-corrected chi connectivity index (χ2v) is 5.04. The molecule has 0 radical (unpaired) electrons. The first kappa shape index (κ1) is 13.5. The van der Waals surface area contributed by atoms with Crippen LogP contribution in [0.2, 0.25) is 0 Å². The zero-order valence-corrected chi connectivity index (χ0v) is 10.6. The third kappa shape index (κ3) is 3.10. The van der Waals surface area contributed by atoms with Gasteiger partial charge in [-0.1, -0.05) is 18.6 Å². The molecule has 0 bridgehead atoms. The molecule has 0 aliphatic carbocycles. The van der Waals surface area contributed by atoms with Crippen molar-refractivity contribution in [2.45, 2.75) is 38.8 Å². The van der Waals surface area contributed by atoms with Gasteiger partial charge < -0.3 is 10.0 Å². The van der Waals surface area contributed by atoms with Crippen molar-refractivity contribution < 1.29 is 14.4 Å². The van der Waals surface area contributed by atoms with Gasteiger partial charge in [-0.05, 0) is 37.8 Å². The van der Waals surface area contributed by atoms with E-state index in [2.05, 4.69) is 11.8 Å². The minimum Gasteiger partial charge on any atom is -0.423 e. The summed E-state index contributed by atoms with van der Waals surface area (Å²) in [7, 11) is -1.61. The fourth-order valence-corrected chi connectivity index (χ4v) is 2.46. The maximum atomic E-state index is 13.8.